The van der Waals surface area contributed by atoms with Gasteiger partial charge in [-0.1, -0.05) is 39.0 Å². The van der Waals surface area contributed by atoms with Gasteiger partial charge in [-0.25, -0.2) is 14.5 Å². The number of para-hydroxylation sites is 1. The van der Waals surface area contributed by atoms with Crippen LogP contribution in [0.1, 0.15) is 59.2 Å². The standard InChI is InChI=1S/C25H29N3O3S/c1-15-19(23(29)28(27-15)17-9-7-6-8-10-17)14-26-22-21(24(30)31-5)18-12-11-16(25(2,3)4)13-20(18)32-22/h6-10,14,16,27H,11-13H2,1-5H3. The molecule has 1 aliphatic rings. The van der Waals surface area contributed by atoms with Gasteiger partial charge in [-0.3, -0.25) is 9.89 Å². The number of aliphatic imine (C=N–C) groups is 1. The number of aromatic amines is 1. The molecular formula is C25H29N3O3S. The van der Waals surface area contributed by atoms with Crippen LogP contribution in [0.5, 0.6) is 0 Å². The van der Waals surface area contributed by atoms with Gasteiger partial charge in [-0.15, -0.1) is 11.3 Å². The highest BCUT2D eigenvalue weighted by Crippen LogP contribution is 2.45. The summed E-state index contributed by atoms with van der Waals surface area (Å²) >= 11 is 1.54. The average Bonchev–Trinajstić information content (AvgIpc) is 3.27. The number of ether oxygens (including phenoxy) is 1. The Morgan fingerprint density at radius 1 is 1.28 bits per heavy atom. The number of rotatable bonds is 4. The number of hydrogen-bond donors (Lipinski definition) is 1. The van der Waals surface area contributed by atoms with E-state index < -0.39 is 0 Å². The topological polar surface area (TPSA) is 76.4 Å². The zero-order valence-electron chi connectivity index (χ0n) is 19.2. The minimum atomic E-state index is -0.364. The predicted octanol–water partition coefficient (Wildman–Crippen LogP) is 5.22. The molecule has 6 nitrogen and oxygen atoms in total. The van der Waals surface area contributed by atoms with Crippen LogP contribution in [0.15, 0.2) is 40.1 Å². The van der Waals surface area contributed by atoms with Crippen molar-refractivity contribution in [3.05, 3.63) is 67.9 Å². The molecule has 0 radical (unpaired) electrons. The molecule has 4 rings (SSSR count). The molecule has 32 heavy (non-hydrogen) atoms. The van der Waals surface area contributed by atoms with Crippen LogP contribution in [0, 0.1) is 18.3 Å². The van der Waals surface area contributed by atoms with Gasteiger partial charge in [0.05, 0.1) is 23.9 Å². The smallest absolute Gasteiger partial charge is 0.341 e. The second-order valence-electron chi connectivity index (χ2n) is 9.37. The van der Waals surface area contributed by atoms with Crippen molar-refractivity contribution in [2.75, 3.05) is 7.11 Å². The highest BCUT2D eigenvalue weighted by atomic mass is 32.1. The number of carbonyl (C=O) groups is 1. The summed E-state index contributed by atoms with van der Waals surface area (Å²) in [7, 11) is 1.40. The number of H-pyrrole nitrogens is 1. The summed E-state index contributed by atoms with van der Waals surface area (Å²) in [6.45, 7) is 8.64. The molecule has 168 valence electrons. The zero-order chi connectivity index (χ0) is 23.0. The van der Waals surface area contributed by atoms with E-state index in [2.05, 4.69) is 30.9 Å². The fraction of sp³-hybridized carbons (Fsp3) is 0.400. The number of aryl methyl sites for hydroxylation is 1. The molecule has 1 aromatic carbocycles. The van der Waals surface area contributed by atoms with Crippen molar-refractivity contribution in [1.82, 2.24) is 9.78 Å². The fourth-order valence-electron chi connectivity index (χ4n) is 4.31. The van der Waals surface area contributed by atoms with E-state index in [1.165, 1.54) is 16.7 Å². The fourth-order valence-corrected chi connectivity index (χ4v) is 5.57. The van der Waals surface area contributed by atoms with Crippen LogP contribution in [0.2, 0.25) is 0 Å². The largest absolute Gasteiger partial charge is 0.465 e. The minimum Gasteiger partial charge on any atom is -0.465 e. The summed E-state index contributed by atoms with van der Waals surface area (Å²) in [5.74, 6) is 0.192. The monoisotopic (exact) mass is 451 g/mol. The van der Waals surface area contributed by atoms with Gasteiger partial charge in [-0.2, -0.15) is 0 Å². The Hall–Kier alpha value is -2.93. The Kier molecular flexibility index (Phi) is 5.95. The number of esters is 1. The third-order valence-corrected chi connectivity index (χ3v) is 7.47. The SMILES string of the molecule is COC(=O)c1c(N=Cc2c(C)[nH]n(-c3ccccc3)c2=O)sc2c1CCC(C(C)(C)C)C2. The summed E-state index contributed by atoms with van der Waals surface area (Å²) in [6, 6.07) is 9.41. The summed E-state index contributed by atoms with van der Waals surface area (Å²) in [6.07, 6.45) is 4.39. The molecule has 0 bridgehead atoms. The molecule has 1 unspecified atom stereocenters. The first-order valence-corrected chi connectivity index (χ1v) is 11.7. The third-order valence-electron chi connectivity index (χ3n) is 6.30. The lowest BCUT2D eigenvalue weighted by Crippen LogP contribution is -2.26. The van der Waals surface area contributed by atoms with Crippen molar-refractivity contribution in [1.29, 1.82) is 0 Å². The number of nitrogens with one attached hydrogen (secondary N) is 1. The van der Waals surface area contributed by atoms with Gasteiger partial charge in [0.15, 0.2) is 0 Å². The molecule has 0 aliphatic heterocycles. The van der Waals surface area contributed by atoms with Gasteiger partial charge in [0.25, 0.3) is 5.56 Å². The van der Waals surface area contributed by atoms with Crippen LogP contribution in [0.3, 0.4) is 0 Å². The van der Waals surface area contributed by atoms with Gasteiger partial charge >= 0.3 is 5.97 Å². The van der Waals surface area contributed by atoms with Gasteiger partial charge in [-0.05, 0) is 55.2 Å². The van der Waals surface area contributed by atoms with E-state index in [0.29, 0.717) is 22.0 Å². The summed E-state index contributed by atoms with van der Waals surface area (Å²) in [5, 5.41) is 3.72. The highest BCUT2D eigenvalue weighted by Gasteiger charge is 2.34. The maximum absolute atomic E-state index is 13.0. The number of hydrogen-bond acceptors (Lipinski definition) is 5. The second-order valence-corrected chi connectivity index (χ2v) is 10.4. The normalized spacial score (nSPS) is 16.3. The van der Waals surface area contributed by atoms with Crippen molar-refractivity contribution in [3.8, 4) is 5.69 Å². The Labute approximate surface area is 191 Å². The second kappa shape index (κ2) is 8.54. The summed E-state index contributed by atoms with van der Waals surface area (Å²) in [4.78, 5) is 31.4. The average molecular weight is 452 g/mol. The number of aromatic nitrogens is 2. The molecule has 2 aromatic heterocycles. The van der Waals surface area contributed by atoms with Gasteiger partial charge in [0, 0.05) is 16.8 Å². The maximum Gasteiger partial charge on any atom is 0.341 e. The lowest BCUT2D eigenvalue weighted by Gasteiger charge is -2.33. The molecule has 7 heteroatoms. The summed E-state index contributed by atoms with van der Waals surface area (Å²) in [5.41, 5.74) is 3.59. The molecule has 1 aliphatic carbocycles. The van der Waals surface area contributed by atoms with Crippen LogP contribution in [0.4, 0.5) is 5.00 Å². The number of nitrogens with zero attached hydrogens (tertiary/aromatic N) is 2. The van der Waals surface area contributed by atoms with Crippen molar-refractivity contribution in [2.24, 2.45) is 16.3 Å². The maximum atomic E-state index is 13.0. The molecule has 1 N–H and O–H groups in total. The van der Waals surface area contributed by atoms with E-state index in [9.17, 15) is 9.59 Å². The molecule has 0 saturated carbocycles. The Bertz CT molecular complexity index is 1230. The number of fused-ring (bicyclic) bond motifs is 1. The molecule has 1 atom stereocenters. The van der Waals surface area contributed by atoms with Crippen LogP contribution in [-0.2, 0) is 17.6 Å². The van der Waals surface area contributed by atoms with E-state index in [1.807, 2.05) is 37.3 Å². The van der Waals surface area contributed by atoms with Crippen molar-refractivity contribution in [3.63, 3.8) is 0 Å². The first-order chi connectivity index (χ1) is 15.2. The molecule has 2 heterocycles. The quantitative estimate of drug-likeness (QED) is 0.436. The van der Waals surface area contributed by atoms with Crippen LogP contribution in [0.25, 0.3) is 5.69 Å². The molecular weight excluding hydrogens is 422 g/mol. The zero-order valence-corrected chi connectivity index (χ0v) is 20.0. The van der Waals surface area contributed by atoms with E-state index in [0.717, 1.165) is 36.2 Å². The third kappa shape index (κ3) is 4.09. The van der Waals surface area contributed by atoms with Crippen molar-refractivity contribution >= 4 is 28.5 Å². The van der Waals surface area contributed by atoms with Gasteiger partial charge in [0.1, 0.15) is 5.00 Å². The Morgan fingerprint density at radius 3 is 2.66 bits per heavy atom. The Balaban J connectivity index is 1.73. The number of carbonyl (C=O) groups excluding carboxylic acids is 1. The number of thiophene rings is 1. The van der Waals surface area contributed by atoms with Crippen LogP contribution in [-0.4, -0.2) is 29.1 Å². The van der Waals surface area contributed by atoms with Gasteiger partial charge in [0.2, 0.25) is 0 Å². The van der Waals surface area contributed by atoms with E-state index in [1.54, 1.807) is 17.6 Å². The van der Waals surface area contributed by atoms with E-state index in [-0.39, 0.29) is 16.9 Å². The lowest BCUT2D eigenvalue weighted by molar-refractivity contribution is 0.0600. The molecule has 0 spiro atoms. The van der Waals surface area contributed by atoms with E-state index in [4.69, 9.17) is 4.74 Å². The molecule has 0 fully saturated rings. The number of methoxy groups -OCH3 is 1. The first-order valence-electron chi connectivity index (χ1n) is 10.8. The highest BCUT2D eigenvalue weighted by molar-refractivity contribution is 7.16. The molecule has 0 saturated heterocycles. The minimum absolute atomic E-state index is 0.175. The Morgan fingerprint density at radius 2 is 2.00 bits per heavy atom. The molecule has 3 aromatic rings. The summed E-state index contributed by atoms with van der Waals surface area (Å²) < 4.78 is 6.58. The molecule has 0 amide bonds. The number of benzene rings is 1. The van der Waals surface area contributed by atoms with Gasteiger partial charge < -0.3 is 4.74 Å². The van der Waals surface area contributed by atoms with Crippen molar-refractivity contribution < 1.29 is 9.53 Å². The van der Waals surface area contributed by atoms with Crippen LogP contribution >= 0.6 is 11.3 Å². The van der Waals surface area contributed by atoms with E-state index >= 15 is 0 Å². The lowest BCUT2D eigenvalue weighted by atomic mass is 9.72. The first kappa shape index (κ1) is 22.3. The van der Waals surface area contributed by atoms with Crippen LogP contribution < -0.4 is 5.56 Å². The van der Waals surface area contributed by atoms with Crippen molar-refractivity contribution in [2.45, 2.75) is 47.0 Å². The predicted molar refractivity (Wildman–Crippen MR) is 129 cm³/mol.